The molecule has 1 amide bonds. The Hall–Kier alpha value is -1.51. The second-order valence-corrected chi connectivity index (χ2v) is 5.49. The van der Waals surface area contributed by atoms with Gasteiger partial charge in [0.05, 0.1) is 11.8 Å². The first-order valence-electron chi connectivity index (χ1n) is 7.23. The van der Waals surface area contributed by atoms with Crippen LogP contribution in [-0.4, -0.2) is 12.0 Å². The van der Waals surface area contributed by atoms with E-state index in [2.05, 4.69) is 5.32 Å². The highest BCUT2D eigenvalue weighted by molar-refractivity contribution is 5.93. The van der Waals surface area contributed by atoms with E-state index in [4.69, 9.17) is 4.74 Å². The first-order chi connectivity index (χ1) is 9.16. The average Bonchev–Trinajstić information content (AvgIpc) is 2.41. The molecule has 0 unspecified atom stereocenters. The highest BCUT2D eigenvalue weighted by Gasteiger charge is 2.21. The van der Waals surface area contributed by atoms with Gasteiger partial charge in [-0.15, -0.1) is 0 Å². The van der Waals surface area contributed by atoms with E-state index >= 15 is 0 Å². The second-order valence-electron chi connectivity index (χ2n) is 5.49. The highest BCUT2D eigenvalue weighted by atomic mass is 16.5. The van der Waals surface area contributed by atoms with E-state index in [1.165, 1.54) is 19.3 Å². The van der Waals surface area contributed by atoms with Crippen LogP contribution >= 0.6 is 0 Å². The van der Waals surface area contributed by atoms with Crippen molar-refractivity contribution in [3.63, 3.8) is 0 Å². The minimum absolute atomic E-state index is 0.104. The molecule has 1 aromatic carbocycles. The van der Waals surface area contributed by atoms with Crippen LogP contribution in [0, 0.1) is 5.92 Å². The van der Waals surface area contributed by atoms with Crippen molar-refractivity contribution in [3.8, 4) is 5.75 Å². The maximum Gasteiger partial charge on any atom is 0.227 e. The fourth-order valence-electron chi connectivity index (χ4n) is 2.53. The number of hydrogen-bond donors (Lipinski definition) is 1. The Kier molecular flexibility index (Phi) is 4.83. The molecule has 0 spiro atoms. The molecule has 104 valence electrons. The molecule has 1 N–H and O–H groups in total. The van der Waals surface area contributed by atoms with Gasteiger partial charge in [-0.05, 0) is 38.8 Å². The summed E-state index contributed by atoms with van der Waals surface area (Å²) >= 11 is 0. The zero-order valence-corrected chi connectivity index (χ0v) is 11.8. The smallest absolute Gasteiger partial charge is 0.227 e. The Labute approximate surface area is 115 Å². The van der Waals surface area contributed by atoms with Crippen molar-refractivity contribution in [3.05, 3.63) is 24.3 Å². The third-order valence-corrected chi connectivity index (χ3v) is 3.48. The molecule has 3 nitrogen and oxygen atoms in total. The quantitative estimate of drug-likeness (QED) is 0.890. The molecule has 1 aliphatic carbocycles. The molecule has 1 fully saturated rings. The minimum Gasteiger partial charge on any atom is -0.489 e. The Morgan fingerprint density at radius 3 is 2.58 bits per heavy atom. The summed E-state index contributed by atoms with van der Waals surface area (Å²) in [5.41, 5.74) is 0.784. The molecule has 0 heterocycles. The van der Waals surface area contributed by atoms with Gasteiger partial charge < -0.3 is 10.1 Å². The van der Waals surface area contributed by atoms with Crippen LogP contribution in [0.25, 0.3) is 0 Å². The first-order valence-corrected chi connectivity index (χ1v) is 7.23. The molecule has 0 radical (unpaired) electrons. The maximum absolute atomic E-state index is 12.2. The van der Waals surface area contributed by atoms with E-state index in [1.54, 1.807) is 0 Å². The fourth-order valence-corrected chi connectivity index (χ4v) is 2.53. The lowest BCUT2D eigenvalue weighted by molar-refractivity contribution is -0.120. The fraction of sp³-hybridized carbons (Fsp3) is 0.562. The van der Waals surface area contributed by atoms with Crippen LogP contribution in [0.2, 0.25) is 0 Å². The van der Waals surface area contributed by atoms with E-state index in [-0.39, 0.29) is 17.9 Å². The van der Waals surface area contributed by atoms with Crippen molar-refractivity contribution in [2.45, 2.75) is 52.1 Å². The third kappa shape index (κ3) is 3.98. The molecule has 2 rings (SSSR count). The zero-order valence-electron chi connectivity index (χ0n) is 11.8. The van der Waals surface area contributed by atoms with E-state index in [0.717, 1.165) is 24.3 Å². The summed E-state index contributed by atoms with van der Waals surface area (Å²) in [6.07, 6.45) is 5.73. The number of carbonyl (C=O) groups excluding carboxylic acids is 1. The minimum atomic E-state index is 0.104. The van der Waals surface area contributed by atoms with E-state index < -0.39 is 0 Å². The molecule has 0 aromatic heterocycles. The van der Waals surface area contributed by atoms with Crippen LogP contribution in [0.4, 0.5) is 5.69 Å². The molecule has 1 aromatic rings. The number of nitrogens with one attached hydrogen (secondary N) is 1. The molecule has 0 aliphatic heterocycles. The van der Waals surface area contributed by atoms with Crippen LogP contribution in [0.15, 0.2) is 24.3 Å². The normalized spacial score (nSPS) is 16.4. The summed E-state index contributed by atoms with van der Waals surface area (Å²) in [5, 5.41) is 3.02. The summed E-state index contributed by atoms with van der Waals surface area (Å²) in [5.74, 6) is 1.06. The predicted octanol–water partition coefficient (Wildman–Crippen LogP) is 3.99. The van der Waals surface area contributed by atoms with Crippen LogP contribution in [-0.2, 0) is 4.79 Å². The molecule has 3 heteroatoms. The molecule has 0 saturated heterocycles. The summed E-state index contributed by atoms with van der Waals surface area (Å²) in [6, 6.07) is 7.65. The highest BCUT2D eigenvalue weighted by Crippen LogP contribution is 2.28. The van der Waals surface area contributed by atoms with Crippen molar-refractivity contribution >= 4 is 11.6 Å². The van der Waals surface area contributed by atoms with Crippen LogP contribution in [0.5, 0.6) is 5.75 Å². The number of hydrogen-bond acceptors (Lipinski definition) is 2. The van der Waals surface area contributed by atoms with Crippen molar-refractivity contribution in [1.82, 2.24) is 0 Å². The Morgan fingerprint density at radius 1 is 1.21 bits per heavy atom. The number of rotatable bonds is 4. The molecule has 19 heavy (non-hydrogen) atoms. The van der Waals surface area contributed by atoms with Gasteiger partial charge in [0.1, 0.15) is 5.75 Å². The van der Waals surface area contributed by atoms with E-state index in [9.17, 15) is 4.79 Å². The average molecular weight is 261 g/mol. The Bertz CT molecular complexity index is 423. The molecular weight excluding hydrogens is 238 g/mol. The third-order valence-electron chi connectivity index (χ3n) is 3.48. The molecule has 1 aliphatic rings. The van der Waals surface area contributed by atoms with Crippen molar-refractivity contribution in [2.24, 2.45) is 5.92 Å². The summed E-state index contributed by atoms with van der Waals surface area (Å²) < 4.78 is 5.72. The summed E-state index contributed by atoms with van der Waals surface area (Å²) in [4.78, 5) is 12.2. The lowest BCUT2D eigenvalue weighted by Crippen LogP contribution is -2.25. The largest absolute Gasteiger partial charge is 0.489 e. The Balaban J connectivity index is 2.03. The van der Waals surface area contributed by atoms with Gasteiger partial charge >= 0.3 is 0 Å². The standard InChI is InChI=1S/C16H23NO2/c1-12(2)19-15-11-7-6-10-14(15)17-16(18)13-8-4-3-5-9-13/h6-7,10-13H,3-5,8-9H2,1-2H3,(H,17,18). The van der Waals surface area contributed by atoms with Gasteiger partial charge in [-0.25, -0.2) is 0 Å². The van der Waals surface area contributed by atoms with E-state index in [1.807, 2.05) is 38.1 Å². The van der Waals surface area contributed by atoms with Crippen LogP contribution in [0.1, 0.15) is 46.0 Å². The maximum atomic E-state index is 12.2. The monoisotopic (exact) mass is 261 g/mol. The topological polar surface area (TPSA) is 38.3 Å². The molecular formula is C16H23NO2. The number of carbonyl (C=O) groups is 1. The molecule has 0 bridgehead atoms. The second kappa shape index (κ2) is 6.60. The number of ether oxygens (including phenoxy) is 1. The van der Waals surface area contributed by atoms with Gasteiger partial charge in [-0.1, -0.05) is 31.4 Å². The number of benzene rings is 1. The van der Waals surface area contributed by atoms with Gasteiger partial charge in [-0.3, -0.25) is 4.79 Å². The lowest BCUT2D eigenvalue weighted by atomic mass is 9.88. The van der Waals surface area contributed by atoms with Gasteiger partial charge in [0, 0.05) is 5.92 Å². The molecule has 0 atom stereocenters. The van der Waals surface area contributed by atoms with Crippen molar-refractivity contribution in [2.75, 3.05) is 5.32 Å². The number of anilines is 1. The Morgan fingerprint density at radius 2 is 1.89 bits per heavy atom. The lowest BCUT2D eigenvalue weighted by Gasteiger charge is -2.22. The number of amides is 1. The van der Waals surface area contributed by atoms with E-state index in [0.29, 0.717) is 0 Å². The first kappa shape index (κ1) is 13.9. The van der Waals surface area contributed by atoms with Crippen molar-refractivity contribution < 1.29 is 9.53 Å². The molecule has 1 saturated carbocycles. The van der Waals surface area contributed by atoms with Gasteiger partial charge in [0.2, 0.25) is 5.91 Å². The summed E-state index contributed by atoms with van der Waals surface area (Å²) in [7, 11) is 0. The SMILES string of the molecule is CC(C)Oc1ccccc1NC(=O)C1CCCCC1. The predicted molar refractivity (Wildman–Crippen MR) is 77.4 cm³/mol. The van der Waals surface area contributed by atoms with Gasteiger partial charge in [0.25, 0.3) is 0 Å². The van der Waals surface area contributed by atoms with Gasteiger partial charge in [0.15, 0.2) is 0 Å². The zero-order chi connectivity index (χ0) is 13.7. The van der Waals surface area contributed by atoms with Gasteiger partial charge in [-0.2, -0.15) is 0 Å². The van der Waals surface area contributed by atoms with Crippen LogP contribution in [0.3, 0.4) is 0 Å². The van der Waals surface area contributed by atoms with Crippen molar-refractivity contribution in [1.29, 1.82) is 0 Å². The van der Waals surface area contributed by atoms with Crippen LogP contribution < -0.4 is 10.1 Å². The summed E-state index contributed by atoms with van der Waals surface area (Å²) in [6.45, 7) is 3.97. The number of para-hydroxylation sites is 2.